The maximum absolute atomic E-state index is 13.7. The van der Waals surface area contributed by atoms with Crippen LogP contribution in [0.4, 0.5) is 5.69 Å². The first-order chi connectivity index (χ1) is 18.3. The number of amides is 2. The molecule has 0 aromatic heterocycles. The molecule has 0 saturated carbocycles. The third-order valence-corrected chi connectivity index (χ3v) is 7.16. The van der Waals surface area contributed by atoms with E-state index in [9.17, 15) is 14.4 Å². The van der Waals surface area contributed by atoms with Gasteiger partial charge in [-0.1, -0.05) is 0 Å². The standard InChI is InChI=1S/C29H42N6O4/c1-17-21(30)16-20(28(37)34(8)14-10-12-32(4)5)23-26(17)39-27-19(3)25(36)18(2)22(24(27)31-23)29(38)35(9)15-11-13-33(6)7/h16H,10-15,30H2,1-9H3. The van der Waals surface area contributed by atoms with Gasteiger partial charge in [-0.3, -0.25) is 14.4 Å². The topological polar surface area (TPSA) is 116 Å². The Morgan fingerprint density at radius 1 is 0.821 bits per heavy atom. The van der Waals surface area contributed by atoms with Crippen LogP contribution < -0.4 is 11.2 Å². The lowest BCUT2D eigenvalue weighted by atomic mass is 9.96. The van der Waals surface area contributed by atoms with Crippen molar-refractivity contribution in [3.05, 3.63) is 44.1 Å². The normalized spacial score (nSPS) is 11.7. The molecule has 39 heavy (non-hydrogen) atoms. The number of nitrogen functional groups attached to an aromatic ring is 1. The number of fused-ring (bicyclic) bond motifs is 2. The molecule has 0 unspecified atom stereocenters. The summed E-state index contributed by atoms with van der Waals surface area (Å²) in [5, 5.41) is 0. The Balaban J connectivity index is 2.22. The van der Waals surface area contributed by atoms with Crippen LogP contribution in [0.15, 0.2) is 15.3 Å². The second-order valence-electron chi connectivity index (χ2n) is 10.9. The SMILES string of the molecule is Cc1c2oc3c(C)c(N)cc(C(=O)N(C)CCCN(C)C)c3nc-2c(C(=O)N(C)CCCN(C)C)c(C)c1=O. The first kappa shape index (κ1) is 30.0. The average Bonchev–Trinajstić information content (AvgIpc) is 2.87. The predicted molar refractivity (Wildman–Crippen MR) is 156 cm³/mol. The largest absolute Gasteiger partial charge is 0.452 e. The number of hydrogen-bond acceptors (Lipinski definition) is 8. The van der Waals surface area contributed by atoms with Crippen LogP contribution in [0, 0.1) is 20.8 Å². The second-order valence-corrected chi connectivity index (χ2v) is 10.9. The molecule has 2 aliphatic rings. The smallest absolute Gasteiger partial charge is 0.256 e. The third-order valence-electron chi connectivity index (χ3n) is 7.16. The zero-order chi connectivity index (χ0) is 29.2. The first-order valence-electron chi connectivity index (χ1n) is 13.2. The summed E-state index contributed by atoms with van der Waals surface area (Å²) >= 11 is 0. The highest BCUT2D eigenvalue weighted by molar-refractivity contribution is 6.08. The fraction of sp³-hybridized carbons (Fsp3) is 0.517. The first-order valence-corrected chi connectivity index (χ1v) is 13.2. The molecule has 1 aromatic carbocycles. The van der Waals surface area contributed by atoms with E-state index < -0.39 is 0 Å². The summed E-state index contributed by atoms with van der Waals surface area (Å²) in [4.78, 5) is 52.6. The molecule has 0 fully saturated rings. The van der Waals surface area contributed by atoms with Crippen molar-refractivity contribution in [2.24, 2.45) is 0 Å². The van der Waals surface area contributed by atoms with Gasteiger partial charge in [0.1, 0.15) is 11.2 Å². The molecule has 1 aliphatic heterocycles. The van der Waals surface area contributed by atoms with Crippen LogP contribution in [0.1, 0.15) is 50.2 Å². The molecule has 3 rings (SSSR count). The number of benzene rings is 2. The summed E-state index contributed by atoms with van der Waals surface area (Å²) in [6.45, 7) is 7.82. The van der Waals surface area contributed by atoms with E-state index in [2.05, 4.69) is 9.80 Å². The molecule has 212 valence electrons. The van der Waals surface area contributed by atoms with Gasteiger partial charge in [-0.2, -0.15) is 0 Å². The number of carbonyl (C=O) groups excluding carboxylic acids is 2. The molecule has 2 N–H and O–H groups in total. The Labute approximate surface area is 230 Å². The van der Waals surface area contributed by atoms with Gasteiger partial charge in [-0.15, -0.1) is 0 Å². The number of nitrogens with zero attached hydrogens (tertiary/aromatic N) is 5. The number of carbonyl (C=O) groups is 2. The molecule has 10 heteroatoms. The van der Waals surface area contributed by atoms with E-state index in [0.29, 0.717) is 52.1 Å². The summed E-state index contributed by atoms with van der Waals surface area (Å²) in [6, 6.07) is 1.62. The molecule has 0 atom stereocenters. The van der Waals surface area contributed by atoms with Crippen LogP contribution in [-0.2, 0) is 0 Å². The fourth-order valence-corrected chi connectivity index (χ4v) is 4.68. The fourth-order valence-electron chi connectivity index (χ4n) is 4.68. The lowest BCUT2D eigenvalue weighted by Crippen LogP contribution is -2.33. The van der Waals surface area contributed by atoms with Crippen molar-refractivity contribution in [1.29, 1.82) is 0 Å². The lowest BCUT2D eigenvalue weighted by molar-refractivity contribution is 0.0784. The van der Waals surface area contributed by atoms with Gasteiger partial charge in [0.15, 0.2) is 16.8 Å². The van der Waals surface area contributed by atoms with Gasteiger partial charge in [-0.05, 0) is 81.0 Å². The van der Waals surface area contributed by atoms with Crippen molar-refractivity contribution < 1.29 is 14.0 Å². The maximum atomic E-state index is 13.7. The minimum Gasteiger partial charge on any atom is -0.452 e. The van der Waals surface area contributed by atoms with Gasteiger partial charge in [0.25, 0.3) is 11.8 Å². The molecule has 0 saturated heterocycles. The molecule has 0 bridgehead atoms. The highest BCUT2D eigenvalue weighted by Crippen LogP contribution is 2.36. The third kappa shape index (κ3) is 6.23. The molecule has 2 amide bonds. The zero-order valence-corrected chi connectivity index (χ0v) is 24.8. The van der Waals surface area contributed by atoms with Crippen LogP contribution >= 0.6 is 0 Å². The number of hydrogen-bond donors (Lipinski definition) is 1. The molecule has 1 aromatic rings. The Kier molecular flexibility index (Phi) is 9.34. The van der Waals surface area contributed by atoms with Crippen LogP contribution in [0.2, 0.25) is 0 Å². The van der Waals surface area contributed by atoms with E-state index in [1.807, 2.05) is 28.2 Å². The molecular weight excluding hydrogens is 496 g/mol. The quantitative estimate of drug-likeness (QED) is 0.309. The molecule has 0 spiro atoms. The van der Waals surface area contributed by atoms with E-state index >= 15 is 0 Å². The summed E-state index contributed by atoms with van der Waals surface area (Å²) in [7, 11) is 11.4. The Bertz CT molecular complexity index is 1410. The van der Waals surface area contributed by atoms with Gasteiger partial charge in [0.2, 0.25) is 0 Å². The lowest BCUT2D eigenvalue weighted by Gasteiger charge is -2.23. The predicted octanol–water partition coefficient (Wildman–Crippen LogP) is 2.85. The van der Waals surface area contributed by atoms with Gasteiger partial charge < -0.3 is 29.8 Å². The van der Waals surface area contributed by atoms with Gasteiger partial charge in [0, 0.05) is 49.6 Å². The van der Waals surface area contributed by atoms with Crippen molar-refractivity contribution in [3.63, 3.8) is 0 Å². The summed E-state index contributed by atoms with van der Waals surface area (Å²) in [5.74, 6) is -0.319. The van der Waals surface area contributed by atoms with Gasteiger partial charge >= 0.3 is 0 Å². The van der Waals surface area contributed by atoms with Crippen LogP contribution in [-0.4, -0.2) is 105 Å². The number of aromatic nitrogens is 1. The molecule has 1 aliphatic carbocycles. The summed E-state index contributed by atoms with van der Waals surface area (Å²) in [6.07, 6.45) is 1.58. The van der Waals surface area contributed by atoms with Crippen molar-refractivity contribution in [3.8, 4) is 11.5 Å². The maximum Gasteiger partial charge on any atom is 0.256 e. The molecular formula is C29H42N6O4. The Morgan fingerprint density at radius 2 is 1.36 bits per heavy atom. The van der Waals surface area contributed by atoms with Crippen molar-refractivity contribution >= 4 is 28.6 Å². The minimum atomic E-state index is -0.309. The monoisotopic (exact) mass is 538 g/mol. The van der Waals surface area contributed by atoms with Crippen molar-refractivity contribution in [2.45, 2.75) is 33.6 Å². The summed E-state index contributed by atoms with van der Waals surface area (Å²) in [5.41, 5.74) is 9.13. The van der Waals surface area contributed by atoms with E-state index in [0.717, 1.165) is 25.9 Å². The average molecular weight is 539 g/mol. The van der Waals surface area contributed by atoms with E-state index in [-0.39, 0.29) is 34.3 Å². The number of rotatable bonds is 10. The van der Waals surface area contributed by atoms with Crippen molar-refractivity contribution in [2.75, 3.05) is 74.2 Å². The van der Waals surface area contributed by atoms with Gasteiger partial charge in [0.05, 0.1) is 11.1 Å². The van der Waals surface area contributed by atoms with E-state index in [4.69, 9.17) is 15.1 Å². The zero-order valence-electron chi connectivity index (χ0n) is 24.8. The van der Waals surface area contributed by atoms with Gasteiger partial charge in [-0.25, -0.2) is 4.98 Å². The minimum absolute atomic E-state index is 0.200. The van der Waals surface area contributed by atoms with E-state index in [1.54, 1.807) is 50.7 Å². The number of nitrogens with two attached hydrogens (primary N) is 1. The van der Waals surface area contributed by atoms with Crippen molar-refractivity contribution in [1.82, 2.24) is 24.6 Å². The highest BCUT2D eigenvalue weighted by atomic mass is 16.3. The molecule has 1 heterocycles. The molecule has 0 radical (unpaired) electrons. The molecule has 10 nitrogen and oxygen atoms in total. The summed E-state index contributed by atoms with van der Waals surface area (Å²) < 4.78 is 6.29. The number of anilines is 1. The van der Waals surface area contributed by atoms with Crippen LogP contribution in [0.5, 0.6) is 0 Å². The van der Waals surface area contributed by atoms with E-state index in [1.165, 1.54) is 0 Å². The number of aryl methyl sites for hydroxylation is 1. The Hall–Kier alpha value is -3.50. The van der Waals surface area contributed by atoms with Crippen LogP contribution in [0.3, 0.4) is 0 Å². The van der Waals surface area contributed by atoms with Crippen LogP contribution in [0.25, 0.3) is 22.6 Å². The Morgan fingerprint density at radius 3 is 1.90 bits per heavy atom. The second kappa shape index (κ2) is 12.1. The highest BCUT2D eigenvalue weighted by Gasteiger charge is 2.30.